The number of nitriles is 1. The molecule has 0 unspecified atom stereocenters. The van der Waals surface area contributed by atoms with E-state index in [0.717, 1.165) is 18.2 Å². The molecule has 5 rings (SSSR count). The molecule has 2 aliphatic rings. The molecule has 51 heavy (non-hydrogen) atoms. The van der Waals surface area contributed by atoms with Crippen molar-refractivity contribution in [3.8, 4) is 6.07 Å². The van der Waals surface area contributed by atoms with Crippen molar-refractivity contribution in [3.63, 3.8) is 0 Å². The van der Waals surface area contributed by atoms with E-state index in [-0.39, 0.29) is 60.2 Å². The number of rotatable bonds is 9. The van der Waals surface area contributed by atoms with Gasteiger partial charge in [-0.15, -0.1) is 0 Å². The topological polar surface area (TPSA) is 123 Å². The normalized spacial score (nSPS) is 18.2. The number of carboxylic acid groups (broad SMARTS) is 1. The molecule has 0 spiro atoms. The lowest BCUT2D eigenvalue weighted by molar-refractivity contribution is -0.139. The number of amides is 1. The average Bonchev–Trinajstić information content (AvgIpc) is 3.09. The van der Waals surface area contributed by atoms with Crippen LogP contribution in [0.1, 0.15) is 79.8 Å². The second-order valence-electron chi connectivity index (χ2n) is 12.6. The van der Waals surface area contributed by atoms with Gasteiger partial charge in [-0.2, -0.15) is 31.6 Å². The Morgan fingerprint density at radius 1 is 1.00 bits per heavy atom. The molecule has 0 aliphatic carbocycles. The maximum atomic E-state index is 14.1. The van der Waals surface area contributed by atoms with Crippen molar-refractivity contribution in [1.82, 2.24) is 9.97 Å². The van der Waals surface area contributed by atoms with Crippen LogP contribution in [0.4, 0.5) is 48.5 Å². The third-order valence-electron chi connectivity index (χ3n) is 9.27. The Kier molecular flexibility index (Phi) is 11.0. The molecule has 0 radical (unpaired) electrons. The number of aliphatic carboxylic acids is 1. The highest BCUT2D eigenvalue weighted by molar-refractivity contribution is 5.90. The van der Waals surface area contributed by atoms with E-state index in [1.807, 2.05) is 4.90 Å². The summed E-state index contributed by atoms with van der Waals surface area (Å²) in [5, 5.41) is 18.7. The number of carboxylic acids is 1. The number of hydrogen-bond acceptors (Lipinski definition) is 8. The van der Waals surface area contributed by atoms with Crippen molar-refractivity contribution in [3.05, 3.63) is 76.6 Å². The average molecular weight is 719 g/mol. The van der Waals surface area contributed by atoms with Crippen LogP contribution in [0.15, 0.2) is 48.8 Å². The van der Waals surface area contributed by atoms with Gasteiger partial charge in [-0.3, -0.25) is 9.69 Å². The second-order valence-corrected chi connectivity index (χ2v) is 12.6. The Labute approximate surface area is 290 Å². The quantitative estimate of drug-likeness (QED) is 0.220. The summed E-state index contributed by atoms with van der Waals surface area (Å²) in [6.07, 6.45) is -5.52. The standard InChI is InChI=1S/C35H36F6N6O4/c1-3-26-16-30(28-15-24(34(36,37)38)5-6-29(28)47(26)33(50)51-4-2)46(20-23-11-22(17-42)12-25(13-23)35(39,40)41)32-43-18-27(19-44-32)45-9-7-21(8-10-45)14-31(48)49/h5-6,11-13,15,18-19,21,26,30H,3-4,7-10,14,16,20H2,1-2H3,(H,48,49)/t26-,30+/m1/s1. The summed E-state index contributed by atoms with van der Waals surface area (Å²) < 4.78 is 89.3. The number of alkyl halides is 6. The van der Waals surface area contributed by atoms with Crippen molar-refractivity contribution in [2.75, 3.05) is 34.4 Å². The molecule has 1 N–H and O–H groups in total. The van der Waals surface area contributed by atoms with E-state index in [1.54, 1.807) is 19.9 Å². The van der Waals surface area contributed by atoms with Crippen LogP contribution in [-0.4, -0.2) is 52.9 Å². The van der Waals surface area contributed by atoms with Crippen molar-refractivity contribution in [2.24, 2.45) is 5.92 Å². The number of piperidine rings is 1. The van der Waals surface area contributed by atoms with Gasteiger partial charge in [-0.05, 0) is 86.1 Å². The molecule has 1 saturated heterocycles. The fourth-order valence-electron chi connectivity index (χ4n) is 6.79. The summed E-state index contributed by atoms with van der Waals surface area (Å²) in [5.74, 6) is -0.844. The number of carbonyl (C=O) groups excluding carboxylic acids is 1. The first-order valence-electron chi connectivity index (χ1n) is 16.5. The maximum absolute atomic E-state index is 14.1. The third kappa shape index (κ3) is 8.46. The zero-order chi connectivity index (χ0) is 37.1. The van der Waals surface area contributed by atoms with Crippen LogP contribution < -0.4 is 14.7 Å². The summed E-state index contributed by atoms with van der Waals surface area (Å²) in [7, 11) is 0. The number of anilines is 3. The molecule has 1 fully saturated rings. The smallest absolute Gasteiger partial charge is 0.416 e. The van der Waals surface area contributed by atoms with Gasteiger partial charge in [0.05, 0.1) is 59.2 Å². The van der Waals surface area contributed by atoms with E-state index in [1.165, 1.54) is 34.3 Å². The van der Waals surface area contributed by atoms with Gasteiger partial charge in [0.1, 0.15) is 0 Å². The summed E-state index contributed by atoms with van der Waals surface area (Å²) >= 11 is 0. The predicted molar refractivity (Wildman–Crippen MR) is 174 cm³/mol. The third-order valence-corrected chi connectivity index (χ3v) is 9.27. The SMILES string of the molecule is CCOC(=O)N1c2ccc(C(F)(F)F)cc2[C@@H](N(Cc2cc(C#N)cc(C(F)(F)F)c2)c2ncc(N3CCC(CC(=O)O)CC3)cn2)C[C@H]1CC. The minimum atomic E-state index is -4.78. The molecular formula is C35H36F6N6O4. The predicted octanol–water partition coefficient (Wildman–Crippen LogP) is 7.97. The van der Waals surface area contributed by atoms with E-state index < -0.39 is 47.6 Å². The highest BCUT2D eigenvalue weighted by Gasteiger charge is 2.42. The van der Waals surface area contributed by atoms with Gasteiger partial charge < -0.3 is 19.6 Å². The Morgan fingerprint density at radius 3 is 2.24 bits per heavy atom. The van der Waals surface area contributed by atoms with E-state index in [9.17, 15) is 41.2 Å². The number of carbonyl (C=O) groups is 2. The largest absolute Gasteiger partial charge is 0.481 e. The lowest BCUT2D eigenvalue weighted by Gasteiger charge is -2.44. The molecule has 3 heterocycles. The molecule has 2 atom stereocenters. The van der Waals surface area contributed by atoms with Crippen LogP contribution in [0.3, 0.4) is 0 Å². The lowest BCUT2D eigenvalue weighted by Crippen LogP contribution is -2.48. The Hall–Kier alpha value is -5.07. The highest BCUT2D eigenvalue weighted by atomic mass is 19.4. The number of ether oxygens (including phenoxy) is 1. The van der Waals surface area contributed by atoms with Crippen LogP contribution in [0, 0.1) is 17.2 Å². The Balaban J connectivity index is 1.62. The molecule has 2 aliphatic heterocycles. The first-order chi connectivity index (χ1) is 24.1. The van der Waals surface area contributed by atoms with Crippen LogP contribution >= 0.6 is 0 Å². The molecule has 3 aromatic rings. The second kappa shape index (κ2) is 15.0. The summed E-state index contributed by atoms with van der Waals surface area (Å²) in [6.45, 7) is 4.18. The lowest BCUT2D eigenvalue weighted by atomic mass is 9.87. The van der Waals surface area contributed by atoms with E-state index in [0.29, 0.717) is 44.1 Å². The van der Waals surface area contributed by atoms with Gasteiger partial charge in [-0.25, -0.2) is 14.8 Å². The minimum absolute atomic E-state index is 0.00299. The van der Waals surface area contributed by atoms with E-state index in [4.69, 9.17) is 9.84 Å². The molecule has 2 aromatic carbocycles. The van der Waals surface area contributed by atoms with Crippen molar-refractivity contribution in [1.29, 1.82) is 5.26 Å². The molecule has 0 bridgehead atoms. The van der Waals surface area contributed by atoms with Crippen LogP contribution in [0.25, 0.3) is 0 Å². The maximum Gasteiger partial charge on any atom is 0.416 e. The van der Waals surface area contributed by atoms with Gasteiger partial charge in [0.15, 0.2) is 0 Å². The number of nitrogens with zero attached hydrogens (tertiary/aromatic N) is 6. The van der Waals surface area contributed by atoms with Crippen LogP contribution in [0.5, 0.6) is 0 Å². The van der Waals surface area contributed by atoms with Gasteiger partial charge in [-0.1, -0.05) is 6.92 Å². The van der Waals surface area contributed by atoms with E-state index >= 15 is 0 Å². The fourth-order valence-corrected chi connectivity index (χ4v) is 6.79. The van der Waals surface area contributed by atoms with Gasteiger partial charge in [0.25, 0.3) is 0 Å². The summed E-state index contributed by atoms with van der Waals surface area (Å²) in [6, 6.07) is 6.05. The number of aromatic nitrogens is 2. The Morgan fingerprint density at radius 2 is 1.67 bits per heavy atom. The first-order valence-corrected chi connectivity index (χ1v) is 16.5. The van der Waals surface area contributed by atoms with Crippen molar-refractivity contribution < 1.29 is 45.8 Å². The van der Waals surface area contributed by atoms with Crippen molar-refractivity contribution >= 4 is 29.4 Å². The van der Waals surface area contributed by atoms with Crippen LogP contribution in [0.2, 0.25) is 0 Å². The molecule has 1 aromatic heterocycles. The number of fused-ring (bicyclic) bond motifs is 1. The zero-order valence-electron chi connectivity index (χ0n) is 27.8. The molecule has 1 amide bonds. The van der Waals surface area contributed by atoms with Gasteiger partial charge >= 0.3 is 24.4 Å². The summed E-state index contributed by atoms with van der Waals surface area (Å²) in [5.41, 5.74) is -1.43. The molecule has 0 saturated carbocycles. The van der Waals surface area contributed by atoms with Gasteiger partial charge in [0.2, 0.25) is 5.95 Å². The highest BCUT2D eigenvalue weighted by Crippen LogP contribution is 2.46. The minimum Gasteiger partial charge on any atom is -0.481 e. The number of hydrogen-bond donors (Lipinski definition) is 1. The number of halogens is 6. The van der Waals surface area contributed by atoms with E-state index in [2.05, 4.69) is 9.97 Å². The van der Waals surface area contributed by atoms with Gasteiger partial charge in [0, 0.05) is 32.1 Å². The Bertz CT molecular complexity index is 1770. The molecular weight excluding hydrogens is 682 g/mol. The molecule has 272 valence electrons. The monoisotopic (exact) mass is 718 g/mol. The van der Waals surface area contributed by atoms with Crippen molar-refractivity contribution in [2.45, 2.75) is 76.9 Å². The summed E-state index contributed by atoms with van der Waals surface area (Å²) in [4.78, 5) is 38.2. The molecule has 10 nitrogen and oxygen atoms in total. The number of benzene rings is 2. The molecule has 16 heteroatoms. The van der Waals surface area contributed by atoms with Crippen LogP contribution in [-0.2, 0) is 28.4 Å². The zero-order valence-corrected chi connectivity index (χ0v) is 27.8. The fraction of sp³-hybridized carbons (Fsp3) is 0.457. The first kappa shape index (κ1) is 37.2.